The second kappa shape index (κ2) is 4.47. The van der Waals surface area contributed by atoms with E-state index in [-0.39, 0.29) is 0 Å². The molecule has 102 valence electrons. The quantitative estimate of drug-likeness (QED) is 0.756. The van der Waals surface area contributed by atoms with E-state index >= 15 is 0 Å². The minimum absolute atomic E-state index is 0.550. The number of aliphatic hydroxyl groups excluding tert-OH is 1. The van der Waals surface area contributed by atoms with Gasteiger partial charge in [0.25, 0.3) is 0 Å². The fourth-order valence-electron chi connectivity index (χ4n) is 2.82. The number of hydrogen-bond donors (Lipinski definition) is 1. The van der Waals surface area contributed by atoms with Gasteiger partial charge in [0.05, 0.1) is 0 Å². The molecule has 1 saturated carbocycles. The molecule has 4 rings (SSSR count). The van der Waals surface area contributed by atoms with Crippen LogP contribution in [-0.2, 0) is 0 Å². The Labute approximate surface area is 121 Å². The molecule has 2 aromatic heterocycles. The summed E-state index contributed by atoms with van der Waals surface area (Å²) in [5.41, 5.74) is 0.933. The number of fused-ring (bicyclic) bond motifs is 1. The molecule has 1 aliphatic carbocycles. The maximum Gasteiger partial charge on any atom is 0.138 e. The van der Waals surface area contributed by atoms with E-state index in [0.29, 0.717) is 17.6 Å². The highest BCUT2D eigenvalue weighted by Gasteiger charge is 2.37. The predicted molar refractivity (Wildman–Crippen MR) is 81.1 cm³/mol. The Bertz CT molecular complexity index is 755. The Balaban J connectivity index is 1.71. The molecule has 3 aromatic rings. The topological polar surface area (TPSA) is 33.4 Å². The smallest absolute Gasteiger partial charge is 0.138 e. The molecule has 1 N–H and O–H groups in total. The van der Waals surface area contributed by atoms with Gasteiger partial charge in [0.2, 0.25) is 0 Å². The minimum atomic E-state index is -0.680. The summed E-state index contributed by atoms with van der Waals surface area (Å²) in [5, 5.41) is 13.8. The Kier molecular flexibility index (Phi) is 2.72. The Hall–Kier alpha value is -1.58. The average Bonchev–Trinajstić information content (AvgIpc) is 2.90. The Morgan fingerprint density at radius 3 is 2.90 bits per heavy atom. The van der Waals surface area contributed by atoms with Crippen molar-refractivity contribution in [3.8, 4) is 0 Å². The van der Waals surface area contributed by atoms with Crippen molar-refractivity contribution in [1.29, 1.82) is 0 Å². The first-order valence-corrected chi connectivity index (χ1v) is 7.86. The van der Waals surface area contributed by atoms with Gasteiger partial charge in [-0.25, -0.2) is 0 Å². The highest BCUT2D eigenvalue weighted by atomic mass is 32.1. The minimum Gasteiger partial charge on any atom is -0.463 e. The number of hydrogen-bond acceptors (Lipinski definition) is 3. The first kappa shape index (κ1) is 12.2. The van der Waals surface area contributed by atoms with Crippen molar-refractivity contribution in [2.24, 2.45) is 5.92 Å². The number of rotatable bonds is 3. The molecule has 0 bridgehead atoms. The lowest BCUT2D eigenvalue weighted by Crippen LogP contribution is -1.97. The molecule has 1 fully saturated rings. The van der Waals surface area contributed by atoms with Crippen molar-refractivity contribution < 1.29 is 9.52 Å². The summed E-state index contributed by atoms with van der Waals surface area (Å²) in [6.45, 7) is 2.23. The summed E-state index contributed by atoms with van der Waals surface area (Å²) >= 11 is 1.66. The fraction of sp³-hybridized carbons (Fsp3) is 0.294. The molecule has 0 aliphatic heterocycles. The molecule has 3 atom stereocenters. The molecule has 0 amide bonds. The monoisotopic (exact) mass is 284 g/mol. The van der Waals surface area contributed by atoms with Crippen LogP contribution in [0.2, 0.25) is 0 Å². The van der Waals surface area contributed by atoms with Gasteiger partial charge in [-0.15, -0.1) is 11.3 Å². The van der Waals surface area contributed by atoms with Crippen LogP contribution in [0.15, 0.2) is 46.2 Å². The Morgan fingerprint density at radius 1 is 1.25 bits per heavy atom. The van der Waals surface area contributed by atoms with Crippen molar-refractivity contribution in [2.45, 2.75) is 25.4 Å². The van der Waals surface area contributed by atoms with Gasteiger partial charge in [-0.05, 0) is 41.3 Å². The molecule has 3 heteroatoms. The highest BCUT2D eigenvalue weighted by molar-refractivity contribution is 7.17. The van der Waals surface area contributed by atoms with E-state index in [2.05, 4.69) is 24.4 Å². The molecule has 0 radical (unpaired) electrons. The standard InChI is InChI=1S/C17H16O2S/c1-10-9-13(10)14-5-6-15(19-14)16(18)12-4-2-3-11-7-8-20-17(11)12/h2-8,10,13,16,18H,9H2,1H3. The van der Waals surface area contributed by atoms with E-state index in [4.69, 9.17) is 4.42 Å². The van der Waals surface area contributed by atoms with Crippen LogP contribution in [0.3, 0.4) is 0 Å². The van der Waals surface area contributed by atoms with Crippen LogP contribution in [0, 0.1) is 5.92 Å². The fourth-order valence-corrected chi connectivity index (χ4v) is 3.76. The van der Waals surface area contributed by atoms with Gasteiger partial charge < -0.3 is 9.52 Å². The van der Waals surface area contributed by atoms with Gasteiger partial charge in [-0.2, -0.15) is 0 Å². The van der Waals surface area contributed by atoms with Crippen molar-refractivity contribution in [1.82, 2.24) is 0 Å². The summed E-state index contributed by atoms with van der Waals surface area (Å²) in [6, 6.07) is 12.0. The summed E-state index contributed by atoms with van der Waals surface area (Å²) in [4.78, 5) is 0. The van der Waals surface area contributed by atoms with Crippen LogP contribution >= 0.6 is 11.3 Å². The highest BCUT2D eigenvalue weighted by Crippen LogP contribution is 2.48. The normalized spacial score (nSPS) is 23.1. The number of furan rings is 1. The molecule has 0 saturated heterocycles. The van der Waals surface area contributed by atoms with Crippen LogP contribution in [0.5, 0.6) is 0 Å². The SMILES string of the molecule is CC1CC1c1ccc(C(O)c2cccc3ccsc23)o1. The molecule has 1 aliphatic rings. The van der Waals surface area contributed by atoms with E-state index in [1.165, 1.54) is 11.8 Å². The van der Waals surface area contributed by atoms with Crippen LogP contribution < -0.4 is 0 Å². The zero-order chi connectivity index (χ0) is 13.7. The molecule has 2 heterocycles. The second-order valence-corrected chi connectivity index (χ2v) is 6.56. The summed E-state index contributed by atoms with van der Waals surface area (Å²) in [5.74, 6) is 2.94. The van der Waals surface area contributed by atoms with E-state index < -0.39 is 6.10 Å². The van der Waals surface area contributed by atoms with Crippen molar-refractivity contribution in [3.05, 3.63) is 58.9 Å². The first-order chi connectivity index (χ1) is 9.74. The lowest BCUT2D eigenvalue weighted by molar-refractivity contribution is 0.188. The summed E-state index contributed by atoms with van der Waals surface area (Å²) in [6.07, 6.45) is 0.518. The largest absolute Gasteiger partial charge is 0.463 e. The third-order valence-electron chi connectivity index (χ3n) is 4.20. The molecule has 1 aromatic carbocycles. The lowest BCUT2D eigenvalue weighted by atomic mass is 10.1. The zero-order valence-corrected chi connectivity index (χ0v) is 12.1. The Morgan fingerprint density at radius 2 is 2.10 bits per heavy atom. The maximum absolute atomic E-state index is 10.6. The van der Waals surface area contributed by atoms with Crippen molar-refractivity contribution in [3.63, 3.8) is 0 Å². The lowest BCUT2D eigenvalue weighted by Gasteiger charge is -2.09. The number of benzene rings is 1. The molecular formula is C17H16O2S. The molecule has 2 nitrogen and oxygen atoms in total. The van der Waals surface area contributed by atoms with E-state index in [1.54, 1.807) is 11.3 Å². The average molecular weight is 284 g/mol. The van der Waals surface area contributed by atoms with Gasteiger partial charge in [-0.1, -0.05) is 25.1 Å². The van der Waals surface area contributed by atoms with Crippen molar-refractivity contribution >= 4 is 21.4 Å². The van der Waals surface area contributed by atoms with Gasteiger partial charge in [0.1, 0.15) is 17.6 Å². The summed E-state index contributed by atoms with van der Waals surface area (Å²) in [7, 11) is 0. The van der Waals surface area contributed by atoms with Gasteiger partial charge in [-0.3, -0.25) is 0 Å². The molecular weight excluding hydrogens is 268 g/mol. The third kappa shape index (κ3) is 1.89. The van der Waals surface area contributed by atoms with Crippen LogP contribution in [0.25, 0.3) is 10.1 Å². The summed E-state index contributed by atoms with van der Waals surface area (Å²) < 4.78 is 7.01. The predicted octanol–water partition coefficient (Wildman–Crippen LogP) is 4.70. The van der Waals surface area contributed by atoms with E-state index in [9.17, 15) is 5.11 Å². The molecule has 3 unspecified atom stereocenters. The van der Waals surface area contributed by atoms with Gasteiger partial charge >= 0.3 is 0 Å². The third-order valence-corrected chi connectivity index (χ3v) is 5.18. The van der Waals surface area contributed by atoms with Crippen LogP contribution in [-0.4, -0.2) is 5.11 Å². The first-order valence-electron chi connectivity index (χ1n) is 6.98. The van der Waals surface area contributed by atoms with Gasteiger partial charge in [0.15, 0.2) is 0 Å². The van der Waals surface area contributed by atoms with Crippen molar-refractivity contribution in [2.75, 3.05) is 0 Å². The molecule has 0 spiro atoms. The van der Waals surface area contributed by atoms with Gasteiger partial charge in [0, 0.05) is 16.2 Å². The number of aliphatic hydroxyl groups is 1. The maximum atomic E-state index is 10.6. The second-order valence-electron chi connectivity index (χ2n) is 5.65. The zero-order valence-electron chi connectivity index (χ0n) is 11.2. The van der Waals surface area contributed by atoms with E-state index in [0.717, 1.165) is 16.0 Å². The van der Waals surface area contributed by atoms with Crippen LogP contribution in [0.1, 0.15) is 42.5 Å². The molecule has 20 heavy (non-hydrogen) atoms. The number of thiophene rings is 1. The van der Waals surface area contributed by atoms with E-state index in [1.807, 2.05) is 24.3 Å². The van der Waals surface area contributed by atoms with Crippen LogP contribution in [0.4, 0.5) is 0 Å².